The van der Waals surface area contributed by atoms with E-state index in [1.54, 1.807) is 6.92 Å². The molecule has 0 spiro atoms. The van der Waals surface area contributed by atoms with E-state index in [4.69, 9.17) is 14.2 Å². The molecule has 134 valence electrons. The summed E-state index contributed by atoms with van der Waals surface area (Å²) in [5.74, 6) is -2.49. The van der Waals surface area contributed by atoms with E-state index in [1.807, 2.05) is 0 Å². The zero-order valence-corrected chi connectivity index (χ0v) is 14.3. The van der Waals surface area contributed by atoms with E-state index in [1.165, 1.54) is 12.2 Å². The van der Waals surface area contributed by atoms with Crippen LogP contribution in [-0.4, -0.2) is 37.7 Å². The molecule has 1 rings (SSSR count). The molecule has 6 heteroatoms. The van der Waals surface area contributed by atoms with Crippen molar-refractivity contribution in [1.82, 2.24) is 0 Å². The molecule has 0 unspecified atom stereocenters. The second-order valence-electron chi connectivity index (χ2n) is 5.91. The first kappa shape index (κ1) is 19.9. The highest BCUT2D eigenvalue weighted by Crippen LogP contribution is 2.53. The van der Waals surface area contributed by atoms with Crippen LogP contribution in [0, 0.1) is 11.3 Å². The van der Waals surface area contributed by atoms with Gasteiger partial charge in [0, 0.05) is 0 Å². The molecule has 0 radical (unpaired) electrons. The monoisotopic (exact) mass is 338 g/mol. The van der Waals surface area contributed by atoms with Crippen molar-refractivity contribution in [2.75, 3.05) is 19.8 Å². The van der Waals surface area contributed by atoms with Crippen LogP contribution < -0.4 is 0 Å². The summed E-state index contributed by atoms with van der Waals surface area (Å²) in [5, 5.41) is 0. The van der Waals surface area contributed by atoms with Crippen LogP contribution >= 0.6 is 0 Å². The van der Waals surface area contributed by atoms with Crippen molar-refractivity contribution in [1.29, 1.82) is 0 Å². The van der Waals surface area contributed by atoms with E-state index in [2.05, 4.69) is 13.2 Å². The smallest absolute Gasteiger partial charge is 0.320 e. The summed E-state index contributed by atoms with van der Waals surface area (Å²) < 4.78 is 15.0. The highest BCUT2D eigenvalue weighted by atomic mass is 16.6. The van der Waals surface area contributed by atoms with Crippen molar-refractivity contribution in [3.63, 3.8) is 0 Å². The topological polar surface area (TPSA) is 78.9 Å². The summed E-state index contributed by atoms with van der Waals surface area (Å²) in [6.45, 7) is 9.14. The van der Waals surface area contributed by atoms with E-state index in [-0.39, 0.29) is 31.0 Å². The molecule has 0 aliphatic heterocycles. The summed E-state index contributed by atoms with van der Waals surface area (Å²) in [6, 6.07) is 0. The maximum Gasteiger partial charge on any atom is 0.320 e. The van der Waals surface area contributed by atoms with Gasteiger partial charge in [0.1, 0.15) is 13.2 Å². The van der Waals surface area contributed by atoms with Gasteiger partial charge >= 0.3 is 17.9 Å². The summed E-state index contributed by atoms with van der Waals surface area (Å²) in [5.41, 5.74) is -0.165. The van der Waals surface area contributed by atoms with Gasteiger partial charge in [0.05, 0.1) is 13.0 Å². The predicted molar refractivity (Wildman–Crippen MR) is 88.0 cm³/mol. The lowest BCUT2D eigenvalue weighted by molar-refractivity contribution is -0.161. The molecule has 0 bridgehead atoms. The molecule has 0 aromatic rings. The van der Waals surface area contributed by atoms with Crippen LogP contribution in [0.2, 0.25) is 0 Å². The van der Waals surface area contributed by atoms with Crippen molar-refractivity contribution in [2.45, 2.75) is 39.0 Å². The number of hydrogen-bond donors (Lipinski definition) is 0. The minimum Gasteiger partial charge on any atom is -0.466 e. The van der Waals surface area contributed by atoms with Crippen LogP contribution in [-0.2, 0) is 28.6 Å². The molecular weight excluding hydrogens is 312 g/mol. The molecular formula is C18H26O6. The fraction of sp³-hybridized carbons (Fsp3) is 0.611. The molecule has 0 aromatic heterocycles. The van der Waals surface area contributed by atoms with E-state index in [0.717, 1.165) is 12.8 Å². The van der Waals surface area contributed by atoms with Crippen molar-refractivity contribution in [2.24, 2.45) is 11.3 Å². The summed E-state index contributed by atoms with van der Waals surface area (Å²) in [7, 11) is 0. The molecule has 0 amide bonds. The van der Waals surface area contributed by atoms with Gasteiger partial charge in [-0.25, -0.2) is 0 Å². The Balaban J connectivity index is 2.62. The van der Waals surface area contributed by atoms with E-state index in [0.29, 0.717) is 19.4 Å². The number of esters is 3. The highest BCUT2D eigenvalue weighted by Gasteiger charge is 2.46. The third kappa shape index (κ3) is 6.56. The molecule has 0 saturated heterocycles. The Bertz CT molecular complexity index is 454. The van der Waals surface area contributed by atoms with Crippen molar-refractivity contribution < 1.29 is 28.6 Å². The first-order valence-electron chi connectivity index (χ1n) is 8.18. The Labute approximate surface area is 142 Å². The maximum absolute atomic E-state index is 12.1. The lowest BCUT2D eigenvalue weighted by atomic mass is 9.91. The predicted octanol–water partition coefficient (Wildman–Crippen LogP) is 2.57. The molecule has 24 heavy (non-hydrogen) atoms. The second kappa shape index (κ2) is 9.90. The van der Waals surface area contributed by atoms with Crippen LogP contribution in [0.3, 0.4) is 0 Å². The van der Waals surface area contributed by atoms with E-state index < -0.39 is 17.9 Å². The van der Waals surface area contributed by atoms with E-state index in [9.17, 15) is 14.4 Å². The first-order chi connectivity index (χ1) is 11.5. The van der Waals surface area contributed by atoms with Crippen LogP contribution in [0.25, 0.3) is 0 Å². The van der Waals surface area contributed by atoms with Crippen molar-refractivity contribution in [3.8, 4) is 0 Å². The average molecular weight is 338 g/mol. The molecule has 0 N–H and O–H groups in total. The SMILES string of the molecule is C=CCOC(=O)C(CCC1(CC(=O)OCC)CC1)C(=O)OCC=C. The Morgan fingerprint density at radius 1 is 1.04 bits per heavy atom. The Morgan fingerprint density at radius 2 is 1.58 bits per heavy atom. The number of ether oxygens (including phenoxy) is 3. The highest BCUT2D eigenvalue weighted by molar-refractivity contribution is 5.95. The van der Waals surface area contributed by atoms with Crippen molar-refractivity contribution in [3.05, 3.63) is 25.3 Å². The van der Waals surface area contributed by atoms with Crippen LogP contribution in [0.5, 0.6) is 0 Å². The molecule has 1 saturated carbocycles. The van der Waals surface area contributed by atoms with Crippen molar-refractivity contribution >= 4 is 17.9 Å². The number of rotatable bonds is 12. The van der Waals surface area contributed by atoms with Gasteiger partial charge in [-0.1, -0.05) is 25.3 Å². The minimum atomic E-state index is -0.996. The lowest BCUT2D eigenvalue weighted by Crippen LogP contribution is -2.29. The Kier molecular flexibility index (Phi) is 8.22. The van der Waals surface area contributed by atoms with Gasteiger partial charge in [0.25, 0.3) is 0 Å². The molecule has 0 aromatic carbocycles. The molecule has 1 fully saturated rings. The Hall–Kier alpha value is -2.11. The standard InChI is InChI=1S/C18H26O6/c1-4-11-23-16(20)14(17(21)24-12-5-2)7-8-18(9-10-18)13-15(19)22-6-3/h4-5,14H,1-2,6-13H2,3H3. The second-order valence-corrected chi connectivity index (χ2v) is 5.91. The number of carbonyl (C=O) groups is 3. The largest absolute Gasteiger partial charge is 0.466 e. The zero-order valence-electron chi connectivity index (χ0n) is 14.3. The Morgan fingerprint density at radius 3 is 2.00 bits per heavy atom. The lowest BCUT2D eigenvalue weighted by Gasteiger charge is -2.18. The number of hydrogen-bond acceptors (Lipinski definition) is 6. The van der Waals surface area contributed by atoms with Gasteiger partial charge in [0.2, 0.25) is 0 Å². The van der Waals surface area contributed by atoms with E-state index >= 15 is 0 Å². The zero-order chi connectivity index (χ0) is 18.0. The fourth-order valence-electron chi connectivity index (χ4n) is 2.48. The molecule has 0 atom stereocenters. The van der Waals surface area contributed by atoms with Crippen LogP contribution in [0.15, 0.2) is 25.3 Å². The average Bonchev–Trinajstić information content (AvgIpc) is 3.30. The molecule has 0 heterocycles. The minimum absolute atomic E-state index is 0.0397. The summed E-state index contributed by atoms with van der Waals surface area (Å²) in [4.78, 5) is 35.8. The van der Waals surface area contributed by atoms with Crippen LogP contribution in [0.1, 0.15) is 39.0 Å². The van der Waals surface area contributed by atoms with Gasteiger partial charge in [-0.2, -0.15) is 0 Å². The first-order valence-corrected chi connectivity index (χ1v) is 8.18. The molecule has 1 aliphatic carbocycles. The van der Waals surface area contributed by atoms with Gasteiger partial charge < -0.3 is 14.2 Å². The molecule has 1 aliphatic rings. The number of carbonyl (C=O) groups excluding carboxylic acids is 3. The van der Waals surface area contributed by atoms with Gasteiger partial charge in [-0.15, -0.1) is 0 Å². The normalized spacial score (nSPS) is 14.6. The van der Waals surface area contributed by atoms with Gasteiger partial charge in [-0.05, 0) is 38.0 Å². The molecule has 6 nitrogen and oxygen atoms in total. The maximum atomic E-state index is 12.1. The van der Waals surface area contributed by atoms with Gasteiger partial charge in [-0.3, -0.25) is 14.4 Å². The quantitative estimate of drug-likeness (QED) is 0.235. The third-order valence-electron chi connectivity index (χ3n) is 4.00. The summed E-state index contributed by atoms with van der Waals surface area (Å²) in [6.07, 6.45) is 5.83. The van der Waals surface area contributed by atoms with Gasteiger partial charge in [0.15, 0.2) is 5.92 Å². The van der Waals surface area contributed by atoms with Crippen LogP contribution in [0.4, 0.5) is 0 Å². The summed E-state index contributed by atoms with van der Waals surface area (Å²) >= 11 is 0. The third-order valence-corrected chi connectivity index (χ3v) is 4.00. The fourth-order valence-corrected chi connectivity index (χ4v) is 2.48.